The van der Waals surface area contributed by atoms with Gasteiger partial charge in [0, 0.05) is 25.2 Å². The molecule has 1 aliphatic rings. The second kappa shape index (κ2) is 15.5. The number of esters is 1. The highest BCUT2D eigenvalue weighted by Gasteiger charge is 2.48. The summed E-state index contributed by atoms with van der Waals surface area (Å²) in [7, 11) is 0. The van der Waals surface area contributed by atoms with E-state index in [0.717, 1.165) is 48.1 Å². The van der Waals surface area contributed by atoms with Crippen LogP contribution in [-0.4, -0.2) is 50.2 Å². The van der Waals surface area contributed by atoms with Crippen molar-refractivity contribution in [3.8, 4) is 5.75 Å². The van der Waals surface area contributed by atoms with Gasteiger partial charge >= 0.3 is 5.97 Å². The smallest absolute Gasteiger partial charge is 0.303 e. The molecule has 38 heavy (non-hydrogen) atoms. The summed E-state index contributed by atoms with van der Waals surface area (Å²) in [5.74, 6) is 0.466. The minimum absolute atomic E-state index is 0.250. The average Bonchev–Trinajstić information content (AvgIpc) is 2.89. The first-order valence-corrected chi connectivity index (χ1v) is 14.3. The van der Waals surface area contributed by atoms with E-state index in [1.807, 2.05) is 56.3 Å². The number of benzene rings is 2. The molecule has 210 valence electrons. The molecule has 6 nitrogen and oxygen atoms in total. The molecule has 1 saturated heterocycles. The Kier molecular flexibility index (Phi) is 12.4. The van der Waals surface area contributed by atoms with Gasteiger partial charge in [0.2, 0.25) is 0 Å². The monoisotopic (exact) mass is 546 g/mol. The Morgan fingerprint density at radius 3 is 2.18 bits per heavy atom. The van der Waals surface area contributed by atoms with E-state index in [4.69, 9.17) is 35.3 Å². The standard InChI is InChI=1S/C31H43ClO6/c1-6-9-17-35-28-21(4)37-29(31(38-22(5)33)30(28)36-18-10-7-2)24-13-16-27(32)25(20-24)19-23-11-14-26(15-12-23)34-8-3/h11-16,20-21,28-31H,6-10,17-19H2,1-5H3. The van der Waals surface area contributed by atoms with Crippen LogP contribution in [0.3, 0.4) is 0 Å². The first-order valence-electron chi connectivity index (χ1n) is 13.9. The van der Waals surface area contributed by atoms with Crippen LogP contribution >= 0.6 is 11.6 Å². The summed E-state index contributed by atoms with van der Waals surface area (Å²) in [5, 5.41) is 0.673. The number of rotatable bonds is 14. The van der Waals surface area contributed by atoms with Crippen LogP contribution in [0.1, 0.15) is 83.1 Å². The molecule has 0 aromatic heterocycles. The van der Waals surface area contributed by atoms with Gasteiger partial charge in [-0.2, -0.15) is 0 Å². The Labute approximate surface area is 232 Å². The molecular weight excluding hydrogens is 504 g/mol. The molecule has 0 bridgehead atoms. The molecule has 0 spiro atoms. The van der Waals surface area contributed by atoms with Crippen LogP contribution in [0.25, 0.3) is 0 Å². The molecule has 2 aromatic rings. The molecule has 0 amide bonds. The van der Waals surface area contributed by atoms with Crippen molar-refractivity contribution in [2.24, 2.45) is 0 Å². The van der Waals surface area contributed by atoms with Gasteiger partial charge in [0.1, 0.15) is 24.1 Å². The maximum Gasteiger partial charge on any atom is 0.303 e. The first-order chi connectivity index (χ1) is 18.4. The van der Waals surface area contributed by atoms with Crippen LogP contribution in [0.15, 0.2) is 42.5 Å². The number of carbonyl (C=O) groups excluding carboxylic acids is 1. The number of hydrogen-bond acceptors (Lipinski definition) is 6. The summed E-state index contributed by atoms with van der Waals surface area (Å²) in [4.78, 5) is 12.2. The lowest BCUT2D eigenvalue weighted by atomic mass is 9.89. The molecule has 0 N–H and O–H groups in total. The van der Waals surface area contributed by atoms with E-state index in [2.05, 4.69) is 13.8 Å². The first kappa shape index (κ1) is 30.4. The third-order valence-corrected chi connectivity index (χ3v) is 7.08. The third-order valence-electron chi connectivity index (χ3n) is 6.72. The summed E-state index contributed by atoms with van der Waals surface area (Å²) < 4.78 is 30.6. The highest BCUT2D eigenvalue weighted by molar-refractivity contribution is 6.31. The fraction of sp³-hybridized carbons (Fsp3) is 0.581. The molecule has 3 rings (SSSR count). The highest BCUT2D eigenvalue weighted by atomic mass is 35.5. The van der Waals surface area contributed by atoms with Gasteiger partial charge in [-0.15, -0.1) is 0 Å². The molecule has 1 aliphatic heterocycles. The third kappa shape index (κ3) is 8.44. The Hall–Kier alpha value is -2.12. The lowest BCUT2D eigenvalue weighted by Gasteiger charge is -2.45. The average molecular weight is 547 g/mol. The van der Waals surface area contributed by atoms with Gasteiger partial charge in [0.25, 0.3) is 0 Å². The number of unbranched alkanes of at least 4 members (excludes halogenated alkanes) is 2. The summed E-state index contributed by atoms with van der Waals surface area (Å²) in [6.45, 7) is 11.4. The van der Waals surface area contributed by atoms with Crippen LogP contribution in [0.4, 0.5) is 0 Å². The van der Waals surface area contributed by atoms with Crippen molar-refractivity contribution in [3.05, 3.63) is 64.2 Å². The van der Waals surface area contributed by atoms with E-state index in [0.29, 0.717) is 31.3 Å². The van der Waals surface area contributed by atoms with Gasteiger partial charge in [-0.25, -0.2) is 0 Å². The Bertz CT molecular complexity index is 994. The van der Waals surface area contributed by atoms with Crippen LogP contribution < -0.4 is 4.74 Å². The predicted molar refractivity (Wildman–Crippen MR) is 150 cm³/mol. The maximum atomic E-state index is 12.2. The molecule has 0 saturated carbocycles. The SMILES string of the molecule is CCCCOC1C(C)OC(c2ccc(Cl)c(Cc3ccc(OCC)cc3)c2)C(OC(C)=O)C1OCCCC. The molecule has 1 fully saturated rings. The molecule has 5 atom stereocenters. The van der Waals surface area contributed by atoms with Crippen molar-refractivity contribution >= 4 is 17.6 Å². The summed E-state index contributed by atoms with van der Waals surface area (Å²) in [6, 6.07) is 13.9. The minimum Gasteiger partial charge on any atom is -0.494 e. The van der Waals surface area contributed by atoms with Crippen molar-refractivity contribution in [1.29, 1.82) is 0 Å². The molecule has 7 heteroatoms. The van der Waals surface area contributed by atoms with Gasteiger partial charge in [-0.3, -0.25) is 4.79 Å². The van der Waals surface area contributed by atoms with E-state index in [-0.39, 0.29) is 18.2 Å². The van der Waals surface area contributed by atoms with Gasteiger partial charge < -0.3 is 23.7 Å². The van der Waals surface area contributed by atoms with E-state index in [9.17, 15) is 4.79 Å². The van der Waals surface area contributed by atoms with Crippen LogP contribution in [-0.2, 0) is 30.2 Å². The van der Waals surface area contributed by atoms with Crippen molar-refractivity contribution in [2.45, 2.75) is 97.2 Å². The zero-order chi connectivity index (χ0) is 27.5. The Morgan fingerprint density at radius 2 is 1.58 bits per heavy atom. The van der Waals surface area contributed by atoms with Gasteiger partial charge in [0.15, 0.2) is 6.10 Å². The van der Waals surface area contributed by atoms with Crippen molar-refractivity contribution in [2.75, 3.05) is 19.8 Å². The molecule has 0 radical (unpaired) electrons. The molecule has 2 aromatic carbocycles. The molecular formula is C31H43ClO6. The lowest BCUT2D eigenvalue weighted by Crippen LogP contribution is -2.57. The molecule has 5 unspecified atom stereocenters. The summed E-state index contributed by atoms with van der Waals surface area (Å²) in [6.07, 6.45) is 2.36. The van der Waals surface area contributed by atoms with Crippen molar-refractivity contribution in [3.63, 3.8) is 0 Å². The van der Waals surface area contributed by atoms with Crippen LogP contribution in [0.5, 0.6) is 5.75 Å². The van der Waals surface area contributed by atoms with Gasteiger partial charge in [-0.05, 0) is 68.0 Å². The highest BCUT2D eigenvalue weighted by Crippen LogP contribution is 2.38. The zero-order valence-electron chi connectivity index (χ0n) is 23.4. The summed E-state index contributed by atoms with van der Waals surface area (Å²) >= 11 is 6.63. The van der Waals surface area contributed by atoms with Gasteiger partial charge in [0.05, 0.1) is 12.7 Å². The second-order valence-electron chi connectivity index (χ2n) is 9.82. The normalized spacial score (nSPS) is 23.3. The Balaban J connectivity index is 1.90. The van der Waals surface area contributed by atoms with Crippen LogP contribution in [0.2, 0.25) is 5.02 Å². The zero-order valence-corrected chi connectivity index (χ0v) is 24.2. The number of hydrogen-bond donors (Lipinski definition) is 0. The maximum absolute atomic E-state index is 12.2. The Morgan fingerprint density at radius 1 is 0.921 bits per heavy atom. The number of ether oxygens (including phenoxy) is 5. The fourth-order valence-electron chi connectivity index (χ4n) is 4.75. The second-order valence-corrected chi connectivity index (χ2v) is 10.2. The molecule has 0 aliphatic carbocycles. The topological polar surface area (TPSA) is 63.2 Å². The minimum atomic E-state index is -0.647. The van der Waals surface area contributed by atoms with E-state index < -0.39 is 18.3 Å². The summed E-state index contributed by atoms with van der Waals surface area (Å²) in [5.41, 5.74) is 2.98. The van der Waals surface area contributed by atoms with Gasteiger partial charge in [-0.1, -0.05) is 62.6 Å². The van der Waals surface area contributed by atoms with Crippen molar-refractivity contribution < 1.29 is 28.5 Å². The van der Waals surface area contributed by atoms with E-state index in [1.165, 1.54) is 6.92 Å². The fourth-order valence-corrected chi connectivity index (χ4v) is 4.93. The number of halogens is 1. The van der Waals surface area contributed by atoms with E-state index in [1.54, 1.807) is 0 Å². The quantitative estimate of drug-likeness (QED) is 0.186. The molecule has 1 heterocycles. The number of carbonyl (C=O) groups is 1. The largest absolute Gasteiger partial charge is 0.494 e. The predicted octanol–water partition coefficient (Wildman–Crippen LogP) is 7.09. The van der Waals surface area contributed by atoms with Crippen molar-refractivity contribution in [1.82, 2.24) is 0 Å². The lowest BCUT2D eigenvalue weighted by molar-refractivity contribution is -0.252. The van der Waals surface area contributed by atoms with Crippen LogP contribution in [0, 0.1) is 0 Å². The van der Waals surface area contributed by atoms with E-state index >= 15 is 0 Å².